The Hall–Kier alpha value is -2.76. The topological polar surface area (TPSA) is 73.3 Å². The number of benzene rings is 1. The summed E-state index contributed by atoms with van der Waals surface area (Å²) < 4.78 is 1.88. The fraction of sp³-hybridized carbons (Fsp3) is 0.200. The lowest BCUT2D eigenvalue weighted by Gasteiger charge is -2.00. The van der Waals surface area contributed by atoms with Crippen molar-refractivity contribution < 1.29 is 4.92 Å². The number of imidazole rings is 1. The number of hydrogen-bond acceptors (Lipinski definition) is 4. The molecule has 0 aliphatic rings. The van der Waals surface area contributed by atoms with E-state index in [4.69, 9.17) is 0 Å². The molecular weight excluding hydrogens is 268 g/mol. The summed E-state index contributed by atoms with van der Waals surface area (Å²) in [5.74, 6) is 0.603. The molecule has 0 saturated carbocycles. The third kappa shape index (κ3) is 2.24. The molecule has 0 fully saturated rings. The molecule has 0 N–H and O–H groups in total. The van der Waals surface area contributed by atoms with Crippen molar-refractivity contribution in [2.24, 2.45) is 0 Å². The van der Waals surface area contributed by atoms with E-state index >= 15 is 0 Å². The van der Waals surface area contributed by atoms with Gasteiger partial charge in [-0.2, -0.15) is 0 Å². The number of aryl methyl sites for hydroxylation is 3. The predicted molar refractivity (Wildman–Crippen MR) is 79.3 cm³/mol. The molecule has 0 unspecified atom stereocenters. The monoisotopic (exact) mass is 282 g/mol. The molecule has 0 radical (unpaired) electrons. The molecule has 6 nitrogen and oxygen atoms in total. The van der Waals surface area contributed by atoms with Crippen LogP contribution in [0.1, 0.15) is 17.0 Å². The van der Waals surface area contributed by atoms with Crippen LogP contribution >= 0.6 is 0 Å². The van der Waals surface area contributed by atoms with Gasteiger partial charge in [0.05, 0.1) is 10.6 Å². The van der Waals surface area contributed by atoms with Crippen molar-refractivity contribution in [3.8, 4) is 11.3 Å². The average molecular weight is 282 g/mol. The van der Waals surface area contributed by atoms with Gasteiger partial charge in [0.25, 0.3) is 5.69 Å². The zero-order chi connectivity index (χ0) is 15.1. The van der Waals surface area contributed by atoms with Crippen LogP contribution in [0.15, 0.2) is 30.5 Å². The van der Waals surface area contributed by atoms with Crippen LogP contribution in [0.4, 0.5) is 5.69 Å². The molecule has 3 aromatic rings. The summed E-state index contributed by atoms with van der Waals surface area (Å²) in [5, 5.41) is 11.0. The van der Waals surface area contributed by atoms with Gasteiger partial charge in [-0.25, -0.2) is 9.97 Å². The lowest BCUT2D eigenvalue weighted by molar-refractivity contribution is -0.385. The van der Waals surface area contributed by atoms with Gasteiger partial charge in [0.2, 0.25) is 5.78 Å². The Bertz CT molecular complexity index is 867. The highest BCUT2D eigenvalue weighted by atomic mass is 16.6. The minimum Gasteiger partial charge on any atom is -0.288 e. The smallest absolute Gasteiger partial charge is 0.272 e. The number of hydrogen-bond donors (Lipinski definition) is 0. The summed E-state index contributed by atoms with van der Waals surface area (Å²) in [7, 11) is 0. The van der Waals surface area contributed by atoms with E-state index in [1.807, 2.05) is 36.6 Å². The van der Waals surface area contributed by atoms with Gasteiger partial charge in [-0.1, -0.05) is 12.1 Å². The Morgan fingerprint density at radius 3 is 2.62 bits per heavy atom. The largest absolute Gasteiger partial charge is 0.288 e. The second-order valence-electron chi connectivity index (χ2n) is 5.09. The summed E-state index contributed by atoms with van der Waals surface area (Å²) in [4.78, 5) is 19.5. The van der Waals surface area contributed by atoms with Gasteiger partial charge in [-0.15, -0.1) is 0 Å². The Balaban J connectivity index is 2.19. The highest BCUT2D eigenvalue weighted by Gasteiger charge is 2.14. The van der Waals surface area contributed by atoms with Crippen LogP contribution in [0.2, 0.25) is 0 Å². The Morgan fingerprint density at radius 1 is 1.14 bits per heavy atom. The average Bonchev–Trinajstić information content (AvgIpc) is 2.83. The molecule has 0 aliphatic heterocycles. The standard InChI is InChI=1S/C15H14N4O2/c1-9-4-5-12(7-14(9)19(20)21)13-8-18-11(3)6-10(2)16-15(18)17-13/h4-8H,1-3H3. The molecule has 1 aromatic carbocycles. The zero-order valence-corrected chi connectivity index (χ0v) is 12.0. The first-order valence-corrected chi connectivity index (χ1v) is 6.54. The fourth-order valence-electron chi connectivity index (χ4n) is 2.38. The lowest BCUT2D eigenvalue weighted by atomic mass is 10.1. The van der Waals surface area contributed by atoms with Gasteiger partial charge in [-0.05, 0) is 26.8 Å². The molecule has 3 rings (SSSR count). The van der Waals surface area contributed by atoms with Crippen molar-refractivity contribution in [3.05, 3.63) is 57.5 Å². The lowest BCUT2D eigenvalue weighted by Crippen LogP contribution is -1.94. The number of nitrogens with zero attached hydrogens (tertiary/aromatic N) is 4. The highest BCUT2D eigenvalue weighted by Crippen LogP contribution is 2.26. The van der Waals surface area contributed by atoms with Crippen LogP contribution in [0.5, 0.6) is 0 Å². The van der Waals surface area contributed by atoms with E-state index in [2.05, 4.69) is 9.97 Å². The highest BCUT2D eigenvalue weighted by molar-refractivity contribution is 5.66. The molecule has 21 heavy (non-hydrogen) atoms. The van der Waals surface area contributed by atoms with Gasteiger partial charge in [0.1, 0.15) is 0 Å². The van der Waals surface area contributed by atoms with E-state index in [1.165, 1.54) is 0 Å². The van der Waals surface area contributed by atoms with E-state index in [0.29, 0.717) is 17.0 Å². The molecule has 106 valence electrons. The maximum absolute atomic E-state index is 11.0. The molecule has 0 saturated heterocycles. The minimum absolute atomic E-state index is 0.102. The second kappa shape index (κ2) is 4.66. The van der Waals surface area contributed by atoms with Gasteiger partial charge in [-0.3, -0.25) is 14.5 Å². The zero-order valence-electron chi connectivity index (χ0n) is 12.0. The van der Waals surface area contributed by atoms with E-state index in [0.717, 1.165) is 17.0 Å². The molecule has 0 amide bonds. The molecule has 2 aromatic heterocycles. The van der Waals surface area contributed by atoms with Crippen molar-refractivity contribution in [3.63, 3.8) is 0 Å². The van der Waals surface area contributed by atoms with E-state index < -0.39 is 0 Å². The first kappa shape index (κ1) is 13.2. The summed E-state index contributed by atoms with van der Waals surface area (Å²) >= 11 is 0. The van der Waals surface area contributed by atoms with Crippen LogP contribution in [0.25, 0.3) is 17.0 Å². The Labute approximate surface area is 121 Å². The van der Waals surface area contributed by atoms with Crippen LogP contribution in [0, 0.1) is 30.9 Å². The molecule has 6 heteroatoms. The quantitative estimate of drug-likeness (QED) is 0.534. The van der Waals surface area contributed by atoms with Crippen LogP contribution in [-0.4, -0.2) is 19.3 Å². The fourth-order valence-corrected chi connectivity index (χ4v) is 2.38. The summed E-state index contributed by atoms with van der Waals surface area (Å²) in [6.07, 6.45) is 1.85. The van der Waals surface area contributed by atoms with Crippen LogP contribution < -0.4 is 0 Å². The summed E-state index contributed by atoms with van der Waals surface area (Å²) in [5.41, 5.74) is 4.06. The van der Waals surface area contributed by atoms with E-state index in [1.54, 1.807) is 19.1 Å². The SMILES string of the molecule is Cc1cc(C)n2cc(-c3ccc(C)c([N+](=O)[O-])c3)nc2n1. The normalized spacial score (nSPS) is 11.0. The van der Waals surface area contributed by atoms with Crippen molar-refractivity contribution in [2.75, 3.05) is 0 Å². The molecular formula is C15H14N4O2. The Kier molecular flexibility index (Phi) is 2.94. The van der Waals surface area contributed by atoms with E-state index in [9.17, 15) is 10.1 Å². The first-order valence-electron chi connectivity index (χ1n) is 6.54. The van der Waals surface area contributed by atoms with Crippen LogP contribution in [-0.2, 0) is 0 Å². The number of nitro benzene ring substituents is 1. The number of aromatic nitrogens is 3. The van der Waals surface area contributed by atoms with Crippen molar-refractivity contribution in [1.82, 2.24) is 14.4 Å². The van der Waals surface area contributed by atoms with Crippen molar-refractivity contribution in [1.29, 1.82) is 0 Å². The molecule has 0 aliphatic carbocycles. The van der Waals surface area contributed by atoms with Crippen molar-refractivity contribution >= 4 is 11.5 Å². The molecule has 0 spiro atoms. The van der Waals surface area contributed by atoms with Crippen LogP contribution in [0.3, 0.4) is 0 Å². The third-order valence-electron chi connectivity index (χ3n) is 3.46. The second-order valence-corrected chi connectivity index (χ2v) is 5.09. The number of rotatable bonds is 2. The maximum Gasteiger partial charge on any atom is 0.272 e. The molecule has 0 atom stereocenters. The predicted octanol–water partition coefficient (Wildman–Crippen LogP) is 3.23. The summed E-state index contributed by atoms with van der Waals surface area (Å²) in [6.45, 7) is 5.61. The van der Waals surface area contributed by atoms with Gasteiger partial charge in [0.15, 0.2) is 0 Å². The maximum atomic E-state index is 11.0. The summed E-state index contributed by atoms with van der Waals surface area (Å²) in [6, 6.07) is 7.10. The molecule has 0 bridgehead atoms. The number of nitro groups is 1. The molecule has 2 heterocycles. The number of fused-ring (bicyclic) bond motifs is 1. The van der Waals surface area contributed by atoms with Gasteiger partial charge >= 0.3 is 0 Å². The first-order chi connectivity index (χ1) is 9.95. The van der Waals surface area contributed by atoms with E-state index in [-0.39, 0.29) is 10.6 Å². The van der Waals surface area contributed by atoms with Gasteiger partial charge in [0, 0.05) is 34.8 Å². The third-order valence-corrected chi connectivity index (χ3v) is 3.46. The Morgan fingerprint density at radius 2 is 1.90 bits per heavy atom. The minimum atomic E-state index is -0.373. The van der Waals surface area contributed by atoms with Gasteiger partial charge < -0.3 is 0 Å². The van der Waals surface area contributed by atoms with Crippen molar-refractivity contribution in [2.45, 2.75) is 20.8 Å².